The van der Waals surface area contributed by atoms with Crippen LogP contribution in [-0.2, 0) is 0 Å². The first kappa shape index (κ1) is 13.6. The Morgan fingerprint density at radius 2 is 2.14 bits per heavy atom. The van der Waals surface area contributed by atoms with Crippen LogP contribution < -0.4 is 5.32 Å². The van der Waals surface area contributed by atoms with Crippen molar-refractivity contribution in [2.24, 2.45) is 0 Å². The number of rotatable bonds is 8. The molecule has 3 heteroatoms. The molecule has 0 saturated heterocycles. The standard InChI is InChI=1S/C11H24N2O/c1-5-10(3)11(14)12-8-7-9-13(4)6-2/h11-12,14H,3,5-9H2,1-2,4H3. The molecule has 0 radical (unpaired) electrons. The Kier molecular flexibility index (Phi) is 7.76. The maximum absolute atomic E-state index is 9.52. The molecule has 1 unspecified atom stereocenters. The van der Waals surface area contributed by atoms with Crippen molar-refractivity contribution in [2.45, 2.75) is 32.9 Å². The lowest BCUT2D eigenvalue weighted by Crippen LogP contribution is -2.32. The lowest BCUT2D eigenvalue weighted by Gasteiger charge is -2.16. The molecule has 0 aromatic carbocycles. The molecule has 0 fully saturated rings. The zero-order chi connectivity index (χ0) is 11.0. The van der Waals surface area contributed by atoms with Gasteiger partial charge in [-0.2, -0.15) is 0 Å². The summed E-state index contributed by atoms with van der Waals surface area (Å²) in [5, 5.41) is 12.6. The quantitative estimate of drug-likeness (QED) is 0.351. The molecule has 1 atom stereocenters. The van der Waals surface area contributed by atoms with Gasteiger partial charge in [0.25, 0.3) is 0 Å². The summed E-state index contributed by atoms with van der Waals surface area (Å²) in [5.41, 5.74) is 0.855. The minimum absolute atomic E-state index is 0.535. The van der Waals surface area contributed by atoms with E-state index >= 15 is 0 Å². The maximum atomic E-state index is 9.52. The third kappa shape index (κ3) is 6.13. The SMILES string of the molecule is C=C(CC)C(O)NCCCN(C)CC. The molecule has 0 aromatic heterocycles. The van der Waals surface area contributed by atoms with Gasteiger partial charge < -0.3 is 10.0 Å². The normalized spacial score (nSPS) is 13.2. The molecule has 0 amide bonds. The van der Waals surface area contributed by atoms with E-state index in [1.54, 1.807) is 0 Å². The molecule has 0 rings (SSSR count). The van der Waals surface area contributed by atoms with Gasteiger partial charge in [0.15, 0.2) is 0 Å². The van der Waals surface area contributed by atoms with Crippen LogP contribution in [0.4, 0.5) is 0 Å². The number of aliphatic hydroxyl groups excluding tert-OH is 1. The molecule has 0 heterocycles. The second-order valence-corrected chi connectivity index (χ2v) is 3.62. The third-order valence-corrected chi connectivity index (χ3v) is 2.43. The minimum atomic E-state index is -0.535. The van der Waals surface area contributed by atoms with Crippen LogP contribution in [0.15, 0.2) is 12.2 Å². The summed E-state index contributed by atoms with van der Waals surface area (Å²) in [6.45, 7) is 10.9. The Morgan fingerprint density at radius 1 is 1.50 bits per heavy atom. The van der Waals surface area contributed by atoms with Crippen molar-refractivity contribution in [1.29, 1.82) is 0 Å². The van der Waals surface area contributed by atoms with Crippen molar-refractivity contribution in [3.63, 3.8) is 0 Å². The highest BCUT2D eigenvalue weighted by Crippen LogP contribution is 2.00. The Morgan fingerprint density at radius 3 is 2.64 bits per heavy atom. The molecular formula is C11H24N2O. The minimum Gasteiger partial charge on any atom is -0.375 e. The number of nitrogens with one attached hydrogen (secondary N) is 1. The van der Waals surface area contributed by atoms with Crippen LogP contribution in [0.3, 0.4) is 0 Å². The molecule has 2 N–H and O–H groups in total. The Balaban J connectivity index is 3.40. The second-order valence-electron chi connectivity index (χ2n) is 3.62. The smallest absolute Gasteiger partial charge is 0.126 e. The summed E-state index contributed by atoms with van der Waals surface area (Å²) < 4.78 is 0. The number of hydrogen-bond acceptors (Lipinski definition) is 3. The molecule has 14 heavy (non-hydrogen) atoms. The van der Waals surface area contributed by atoms with Crippen molar-refractivity contribution < 1.29 is 5.11 Å². The number of nitrogens with zero attached hydrogens (tertiary/aromatic N) is 1. The fourth-order valence-corrected chi connectivity index (χ4v) is 1.08. The molecule has 0 aliphatic carbocycles. The summed E-state index contributed by atoms with van der Waals surface area (Å²) in [4.78, 5) is 2.25. The summed E-state index contributed by atoms with van der Waals surface area (Å²) in [6, 6.07) is 0. The van der Waals surface area contributed by atoms with E-state index in [9.17, 15) is 5.11 Å². The van der Waals surface area contributed by atoms with Gasteiger partial charge >= 0.3 is 0 Å². The van der Waals surface area contributed by atoms with E-state index in [2.05, 4.69) is 30.8 Å². The van der Waals surface area contributed by atoms with Crippen LogP contribution in [0.25, 0.3) is 0 Å². The fraction of sp³-hybridized carbons (Fsp3) is 0.818. The van der Waals surface area contributed by atoms with Crippen LogP contribution in [-0.4, -0.2) is 42.9 Å². The van der Waals surface area contributed by atoms with Gasteiger partial charge in [0.1, 0.15) is 6.23 Å². The van der Waals surface area contributed by atoms with Gasteiger partial charge in [0.2, 0.25) is 0 Å². The Hall–Kier alpha value is -0.380. The van der Waals surface area contributed by atoms with Gasteiger partial charge in [-0.25, -0.2) is 0 Å². The van der Waals surface area contributed by atoms with Crippen LogP contribution in [0, 0.1) is 0 Å². The van der Waals surface area contributed by atoms with Crippen LogP contribution in [0.5, 0.6) is 0 Å². The van der Waals surface area contributed by atoms with E-state index in [0.717, 1.165) is 38.0 Å². The van der Waals surface area contributed by atoms with Gasteiger partial charge in [-0.05, 0) is 45.1 Å². The number of hydrogen-bond donors (Lipinski definition) is 2. The average molecular weight is 200 g/mol. The van der Waals surface area contributed by atoms with Crippen molar-refractivity contribution in [3.05, 3.63) is 12.2 Å². The first-order chi connectivity index (χ1) is 6.61. The second kappa shape index (κ2) is 7.97. The molecule has 0 spiro atoms. The summed E-state index contributed by atoms with van der Waals surface area (Å²) in [6.07, 6.45) is 1.34. The maximum Gasteiger partial charge on any atom is 0.126 e. The van der Waals surface area contributed by atoms with E-state index in [1.807, 2.05) is 6.92 Å². The van der Waals surface area contributed by atoms with Gasteiger partial charge in [-0.15, -0.1) is 0 Å². The van der Waals surface area contributed by atoms with Crippen molar-refractivity contribution in [2.75, 3.05) is 26.7 Å². The van der Waals surface area contributed by atoms with Gasteiger partial charge in [-0.3, -0.25) is 5.32 Å². The van der Waals surface area contributed by atoms with Gasteiger partial charge in [0, 0.05) is 0 Å². The van der Waals surface area contributed by atoms with Crippen LogP contribution in [0.2, 0.25) is 0 Å². The molecule has 0 aliphatic heterocycles. The van der Waals surface area contributed by atoms with E-state index in [0.29, 0.717) is 0 Å². The van der Waals surface area contributed by atoms with Crippen LogP contribution >= 0.6 is 0 Å². The highest BCUT2D eigenvalue weighted by molar-refractivity contribution is 4.98. The molecule has 84 valence electrons. The topological polar surface area (TPSA) is 35.5 Å². The molecule has 0 aliphatic rings. The first-order valence-electron chi connectivity index (χ1n) is 5.39. The summed E-state index contributed by atoms with van der Waals surface area (Å²) in [7, 11) is 2.10. The van der Waals surface area contributed by atoms with Crippen molar-refractivity contribution in [3.8, 4) is 0 Å². The molecule has 0 bridgehead atoms. The van der Waals surface area contributed by atoms with Crippen LogP contribution in [0.1, 0.15) is 26.7 Å². The Bertz CT molecular complexity index is 159. The first-order valence-corrected chi connectivity index (χ1v) is 5.39. The molecule has 0 aromatic rings. The predicted octanol–water partition coefficient (Wildman–Crippen LogP) is 1.20. The average Bonchev–Trinajstić information content (AvgIpc) is 2.22. The van der Waals surface area contributed by atoms with Crippen molar-refractivity contribution in [1.82, 2.24) is 10.2 Å². The lowest BCUT2D eigenvalue weighted by atomic mass is 10.2. The highest BCUT2D eigenvalue weighted by atomic mass is 16.3. The largest absolute Gasteiger partial charge is 0.375 e. The van der Waals surface area contributed by atoms with Gasteiger partial charge in [-0.1, -0.05) is 20.4 Å². The van der Waals surface area contributed by atoms with E-state index in [1.165, 1.54) is 0 Å². The zero-order valence-electron chi connectivity index (χ0n) is 9.71. The van der Waals surface area contributed by atoms with E-state index < -0.39 is 6.23 Å². The highest BCUT2D eigenvalue weighted by Gasteiger charge is 2.04. The molecule has 0 saturated carbocycles. The van der Waals surface area contributed by atoms with Crippen molar-refractivity contribution >= 4 is 0 Å². The number of aliphatic hydroxyl groups is 1. The zero-order valence-corrected chi connectivity index (χ0v) is 9.71. The third-order valence-electron chi connectivity index (χ3n) is 2.43. The summed E-state index contributed by atoms with van der Waals surface area (Å²) >= 11 is 0. The molecule has 3 nitrogen and oxygen atoms in total. The van der Waals surface area contributed by atoms with Gasteiger partial charge in [0.05, 0.1) is 0 Å². The van der Waals surface area contributed by atoms with E-state index in [-0.39, 0.29) is 0 Å². The Labute approximate surface area is 87.8 Å². The van der Waals surface area contributed by atoms with E-state index in [4.69, 9.17) is 0 Å². The summed E-state index contributed by atoms with van der Waals surface area (Å²) in [5.74, 6) is 0. The predicted molar refractivity (Wildman–Crippen MR) is 61.2 cm³/mol. The fourth-order valence-electron chi connectivity index (χ4n) is 1.08. The molecular weight excluding hydrogens is 176 g/mol. The monoisotopic (exact) mass is 200 g/mol. The lowest BCUT2D eigenvalue weighted by molar-refractivity contribution is 0.168.